The Morgan fingerprint density at radius 1 is 1.14 bits per heavy atom. The molecule has 1 saturated carbocycles. The molecular weight excluding hydrogens is 492 g/mol. The fourth-order valence-electron chi connectivity index (χ4n) is 4.16. The lowest BCUT2D eigenvalue weighted by Gasteiger charge is -2.35. The van der Waals surface area contributed by atoms with Crippen LogP contribution in [-0.4, -0.2) is 74.1 Å². The number of rotatable bonds is 6. The highest BCUT2D eigenvalue weighted by molar-refractivity contribution is 7.90. The van der Waals surface area contributed by atoms with Crippen LogP contribution in [0.2, 0.25) is 0 Å². The van der Waals surface area contributed by atoms with Crippen LogP contribution >= 0.6 is 0 Å². The van der Waals surface area contributed by atoms with Gasteiger partial charge in [-0.15, -0.1) is 5.10 Å². The second kappa shape index (κ2) is 8.68. The summed E-state index contributed by atoms with van der Waals surface area (Å²) in [5, 5.41) is 17.4. The van der Waals surface area contributed by atoms with Crippen molar-refractivity contribution in [3.8, 4) is 11.4 Å². The maximum absolute atomic E-state index is 14.5. The number of β-amino-alcohol motifs (C(OH)–C–C–N with tert-alkyl or cyclic N) is 1. The van der Waals surface area contributed by atoms with Gasteiger partial charge >= 0.3 is 6.18 Å². The van der Waals surface area contributed by atoms with Crippen LogP contribution in [0.25, 0.3) is 16.9 Å². The molecule has 2 atom stereocenters. The third-order valence-electron chi connectivity index (χ3n) is 6.12. The van der Waals surface area contributed by atoms with Crippen molar-refractivity contribution in [2.24, 2.45) is 0 Å². The van der Waals surface area contributed by atoms with Crippen molar-refractivity contribution in [3.63, 3.8) is 0 Å². The van der Waals surface area contributed by atoms with Crippen LogP contribution in [0.1, 0.15) is 24.8 Å². The number of hydrogen-bond donors (Lipinski definition) is 2. The summed E-state index contributed by atoms with van der Waals surface area (Å²) >= 11 is 0. The van der Waals surface area contributed by atoms with Crippen molar-refractivity contribution >= 4 is 21.5 Å². The second-order valence-electron chi connectivity index (χ2n) is 8.81. The Morgan fingerprint density at radius 2 is 1.91 bits per heavy atom. The van der Waals surface area contributed by atoms with Crippen LogP contribution in [0.4, 0.5) is 23.5 Å². The van der Waals surface area contributed by atoms with Gasteiger partial charge in [-0.05, 0) is 30.9 Å². The normalized spacial score (nSPS) is 22.0. The summed E-state index contributed by atoms with van der Waals surface area (Å²) in [6.45, 7) is 0.198. The van der Waals surface area contributed by atoms with Crippen LogP contribution in [0.15, 0.2) is 30.6 Å². The van der Waals surface area contributed by atoms with Crippen molar-refractivity contribution in [1.29, 1.82) is 0 Å². The Bertz CT molecular complexity index is 1340. The molecule has 0 unspecified atom stereocenters. The van der Waals surface area contributed by atoms with E-state index in [4.69, 9.17) is 0 Å². The zero-order chi connectivity index (χ0) is 25.0. The molecule has 35 heavy (non-hydrogen) atoms. The molecule has 2 N–H and O–H groups in total. The van der Waals surface area contributed by atoms with Crippen molar-refractivity contribution in [2.75, 3.05) is 18.4 Å². The number of nitrogens with zero attached hydrogens (tertiary/aromatic N) is 5. The highest BCUT2D eigenvalue weighted by atomic mass is 32.2. The fourth-order valence-corrected chi connectivity index (χ4v) is 6.03. The highest BCUT2D eigenvalue weighted by Gasteiger charge is 2.43. The molecule has 0 amide bonds. The van der Waals surface area contributed by atoms with E-state index in [1.165, 1.54) is 27.2 Å². The smallest absolute Gasteiger partial charge is 0.390 e. The number of piperidine rings is 1. The van der Waals surface area contributed by atoms with Crippen LogP contribution in [-0.2, 0) is 16.4 Å². The summed E-state index contributed by atoms with van der Waals surface area (Å²) in [5.41, 5.74) is 0.451. The van der Waals surface area contributed by atoms with Crippen LogP contribution < -0.4 is 5.32 Å². The predicted octanol–water partition coefficient (Wildman–Crippen LogP) is 2.37. The molecule has 3 aromatic rings. The van der Waals surface area contributed by atoms with E-state index in [0.29, 0.717) is 19.3 Å². The Balaban J connectivity index is 1.35. The molecule has 2 aliphatic rings. The van der Waals surface area contributed by atoms with Gasteiger partial charge in [0.25, 0.3) is 0 Å². The minimum atomic E-state index is -4.37. The van der Waals surface area contributed by atoms with Crippen molar-refractivity contribution in [3.05, 3.63) is 42.0 Å². The number of aromatic nitrogens is 4. The molecule has 0 spiro atoms. The van der Waals surface area contributed by atoms with Gasteiger partial charge in [0, 0.05) is 25.4 Å². The molecule has 14 heteroatoms. The number of halogens is 4. The van der Waals surface area contributed by atoms with Gasteiger partial charge in [0.15, 0.2) is 5.82 Å². The molecule has 188 valence electrons. The first-order valence-electron chi connectivity index (χ1n) is 11.0. The molecule has 5 rings (SSSR count). The zero-order valence-electron chi connectivity index (χ0n) is 18.3. The van der Waals surface area contributed by atoms with E-state index >= 15 is 0 Å². The molecule has 1 aliphatic heterocycles. The van der Waals surface area contributed by atoms with Gasteiger partial charge in [-0.1, -0.05) is 6.07 Å². The number of hydrogen-bond acceptors (Lipinski definition) is 7. The van der Waals surface area contributed by atoms with Gasteiger partial charge in [0.2, 0.25) is 16.0 Å². The summed E-state index contributed by atoms with van der Waals surface area (Å²) in [5.74, 6) is -0.558. The highest BCUT2D eigenvalue weighted by Crippen LogP contribution is 2.33. The van der Waals surface area contributed by atoms with E-state index in [-0.39, 0.29) is 46.8 Å². The van der Waals surface area contributed by atoms with E-state index in [9.17, 15) is 31.1 Å². The molecule has 1 aliphatic carbocycles. The van der Waals surface area contributed by atoms with E-state index in [0.717, 1.165) is 12.3 Å². The Labute approximate surface area is 197 Å². The number of aliphatic hydroxyl groups is 1. The minimum Gasteiger partial charge on any atom is -0.390 e. The van der Waals surface area contributed by atoms with Crippen molar-refractivity contribution in [1.82, 2.24) is 23.9 Å². The largest absolute Gasteiger partial charge is 0.393 e. The minimum absolute atomic E-state index is 0.0244. The van der Waals surface area contributed by atoms with Gasteiger partial charge in [-0.2, -0.15) is 17.5 Å². The number of aliphatic hydroxyl groups excluding tert-OH is 1. The Morgan fingerprint density at radius 3 is 2.54 bits per heavy atom. The molecular formula is C21H22F4N6O3S. The van der Waals surface area contributed by atoms with Crippen molar-refractivity contribution < 1.29 is 31.1 Å². The zero-order valence-corrected chi connectivity index (χ0v) is 19.1. The third kappa shape index (κ3) is 4.95. The maximum atomic E-state index is 14.5. The van der Waals surface area contributed by atoms with Gasteiger partial charge in [0.05, 0.1) is 41.4 Å². The molecule has 1 saturated heterocycles. The molecule has 2 fully saturated rings. The first-order chi connectivity index (χ1) is 16.5. The van der Waals surface area contributed by atoms with E-state index < -0.39 is 40.6 Å². The summed E-state index contributed by atoms with van der Waals surface area (Å²) in [6, 6.07) is 3.27. The predicted molar refractivity (Wildman–Crippen MR) is 117 cm³/mol. The number of alkyl halides is 3. The van der Waals surface area contributed by atoms with Gasteiger partial charge in [0.1, 0.15) is 5.52 Å². The first-order valence-corrected chi connectivity index (χ1v) is 12.5. The number of anilines is 1. The average molecular weight is 515 g/mol. The lowest BCUT2D eigenvalue weighted by atomic mass is 10.0. The fraction of sp³-hybridized carbons (Fsp3) is 0.476. The summed E-state index contributed by atoms with van der Waals surface area (Å²) in [4.78, 5) is 8.13. The molecule has 9 nitrogen and oxygen atoms in total. The van der Waals surface area contributed by atoms with Crippen molar-refractivity contribution in [2.45, 2.75) is 49.3 Å². The number of sulfonamides is 1. The van der Waals surface area contributed by atoms with E-state index in [1.54, 1.807) is 0 Å². The van der Waals surface area contributed by atoms with Gasteiger partial charge in [-0.3, -0.25) is 4.98 Å². The van der Waals surface area contributed by atoms with Crippen LogP contribution in [0.5, 0.6) is 0 Å². The van der Waals surface area contributed by atoms with E-state index in [1.807, 2.05) is 0 Å². The summed E-state index contributed by atoms with van der Waals surface area (Å²) in [6.07, 6.45) is -2.56. The standard InChI is InChI=1S/C21H22F4N6O3S/c22-14-7-17(15-4-1-12(9-26-15)8-21(23,24)25)31-18(14)10-27-20(29-31)28-16-5-6-30(11-19(16)32)35(33,34)13-2-3-13/h1,4,7,9-10,13,16,19,32H,2-3,5-6,8,11H2,(H,28,29)/t16-,19-/m1/s1. The number of nitrogens with one attached hydrogen (secondary N) is 1. The lowest BCUT2D eigenvalue weighted by Crippen LogP contribution is -2.52. The number of fused-ring (bicyclic) bond motifs is 1. The quantitative estimate of drug-likeness (QED) is 0.486. The molecule has 0 bridgehead atoms. The maximum Gasteiger partial charge on any atom is 0.393 e. The summed E-state index contributed by atoms with van der Waals surface area (Å²) < 4.78 is 79.7. The van der Waals surface area contributed by atoms with Gasteiger partial charge in [-0.25, -0.2) is 22.3 Å². The Kier molecular flexibility index (Phi) is 5.92. The Hall–Kier alpha value is -2.84. The average Bonchev–Trinajstić information content (AvgIpc) is 3.60. The van der Waals surface area contributed by atoms with Crippen LogP contribution in [0.3, 0.4) is 0 Å². The topological polar surface area (TPSA) is 113 Å². The first kappa shape index (κ1) is 23.9. The molecule has 4 heterocycles. The third-order valence-corrected chi connectivity index (χ3v) is 8.49. The number of pyridine rings is 1. The monoisotopic (exact) mass is 514 g/mol. The van der Waals surface area contributed by atoms with E-state index in [2.05, 4.69) is 20.4 Å². The van der Waals surface area contributed by atoms with Crippen LogP contribution in [0, 0.1) is 5.82 Å². The molecule has 0 radical (unpaired) electrons. The second-order valence-corrected chi connectivity index (χ2v) is 11.0. The SMILES string of the molecule is O=S(=O)(C1CC1)N1CC[C@@H](Nc2ncc3c(F)cc(-c4ccc(CC(F)(F)F)cn4)n3n2)[C@H](O)C1. The summed E-state index contributed by atoms with van der Waals surface area (Å²) in [7, 11) is -3.39. The molecule has 3 aromatic heterocycles. The molecule has 0 aromatic carbocycles. The lowest BCUT2D eigenvalue weighted by molar-refractivity contribution is -0.127. The van der Waals surface area contributed by atoms with Gasteiger partial charge < -0.3 is 10.4 Å².